The van der Waals surface area contributed by atoms with Crippen LogP contribution in [0.15, 0.2) is 83.0 Å². The van der Waals surface area contributed by atoms with E-state index in [4.69, 9.17) is 20.9 Å². The minimum atomic E-state index is -0.727. The van der Waals surface area contributed by atoms with Gasteiger partial charge in [-0.05, 0) is 46.6 Å². The molecule has 8 bridgehead atoms. The van der Waals surface area contributed by atoms with E-state index in [0.717, 1.165) is 0 Å². The Morgan fingerprint density at radius 2 is 0.833 bits per heavy atom. The third-order valence-electron chi connectivity index (χ3n) is 7.03. The Kier molecular flexibility index (Phi) is 7.79. The third kappa shape index (κ3) is 6.02. The highest BCUT2D eigenvalue weighted by atomic mass is 16.5. The summed E-state index contributed by atoms with van der Waals surface area (Å²) in [4.78, 5) is 75.9. The summed E-state index contributed by atoms with van der Waals surface area (Å²) in [6.45, 7) is -0.915. The summed E-state index contributed by atoms with van der Waals surface area (Å²) < 4.78 is 11.5. The normalized spacial score (nSPS) is 16.6. The highest BCUT2D eigenvalue weighted by molar-refractivity contribution is 6.21. The molecular formula is C32H26N2O8. The smallest absolute Gasteiger partial charge is 0.255 e. The van der Waals surface area contributed by atoms with Crippen LogP contribution in [-0.2, 0) is 54.5 Å². The van der Waals surface area contributed by atoms with Crippen molar-refractivity contribution < 1.29 is 38.2 Å². The fourth-order valence-electron chi connectivity index (χ4n) is 5.28. The summed E-state index contributed by atoms with van der Waals surface area (Å²) in [5.41, 5.74) is 13.4. The van der Waals surface area contributed by atoms with Crippen LogP contribution in [0.1, 0.15) is 22.3 Å². The third-order valence-corrected chi connectivity index (χ3v) is 7.03. The highest BCUT2D eigenvalue weighted by Crippen LogP contribution is 2.35. The quantitative estimate of drug-likeness (QED) is 0.493. The van der Waals surface area contributed by atoms with Crippen molar-refractivity contribution in [2.75, 3.05) is 13.2 Å². The predicted molar refractivity (Wildman–Crippen MR) is 149 cm³/mol. The SMILES string of the molecule is NC(=O)COc1c2cccc1CC1=CC(=O)C=C(Cc3cccc(c3OCC(N)=O)CC3=CC(=O)C=C(C2)C3=O)C1=O. The number of ketones is 4. The number of Topliss-reactive ketones (excluding diaryl/α,β-unsaturated/α-hetero) is 2. The van der Waals surface area contributed by atoms with E-state index in [1.807, 2.05) is 0 Å². The molecular weight excluding hydrogens is 540 g/mol. The molecule has 2 aromatic carbocycles. The molecule has 10 heteroatoms. The molecule has 212 valence electrons. The van der Waals surface area contributed by atoms with Gasteiger partial charge in [0.15, 0.2) is 36.3 Å². The van der Waals surface area contributed by atoms with Crippen molar-refractivity contribution in [2.24, 2.45) is 11.5 Å². The van der Waals surface area contributed by atoms with Gasteiger partial charge in [0.1, 0.15) is 11.5 Å². The van der Waals surface area contributed by atoms with E-state index >= 15 is 0 Å². The molecule has 42 heavy (non-hydrogen) atoms. The number of rotatable bonds is 6. The van der Waals surface area contributed by atoms with Crippen molar-refractivity contribution in [1.82, 2.24) is 0 Å². The maximum absolute atomic E-state index is 13.6. The summed E-state index contributed by atoms with van der Waals surface area (Å²) >= 11 is 0. The summed E-state index contributed by atoms with van der Waals surface area (Å²) in [7, 11) is 0. The molecule has 10 nitrogen and oxygen atoms in total. The number of carbonyl (C=O) groups excluding carboxylic acids is 6. The number of ether oxygens (including phenoxy) is 2. The van der Waals surface area contributed by atoms with Crippen molar-refractivity contribution in [3.8, 4) is 11.5 Å². The van der Waals surface area contributed by atoms with E-state index in [9.17, 15) is 28.8 Å². The Morgan fingerprint density at radius 3 is 1.10 bits per heavy atom. The molecule has 3 aliphatic rings. The Morgan fingerprint density at radius 1 is 0.548 bits per heavy atom. The van der Waals surface area contributed by atoms with Crippen LogP contribution in [0.5, 0.6) is 11.5 Å². The molecule has 3 aliphatic carbocycles. The van der Waals surface area contributed by atoms with Crippen molar-refractivity contribution in [3.05, 3.63) is 105 Å². The zero-order valence-electron chi connectivity index (χ0n) is 22.4. The van der Waals surface area contributed by atoms with Gasteiger partial charge in [-0.1, -0.05) is 36.4 Å². The Balaban J connectivity index is 1.67. The summed E-state index contributed by atoms with van der Waals surface area (Å²) in [6, 6.07) is 10.2. The molecule has 5 rings (SSSR count). The van der Waals surface area contributed by atoms with Gasteiger partial charge in [0.25, 0.3) is 11.8 Å². The molecule has 0 spiro atoms. The average molecular weight is 567 g/mol. The second-order valence-corrected chi connectivity index (χ2v) is 10.2. The predicted octanol–water partition coefficient (Wildman–Crippen LogP) is 1.31. The van der Waals surface area contributed by atoms with Crippen LogP contribution in [0, 0.1) is 0 Å². The molecule has 0 atom stereocenters. The standard InChI is InChI=1S/C32H26N2O8/c33-27(37)15-41-31-17-3-1-4-18(31)8-22-12-26(36)14-24(30(22)40)10-20-6-2-5-19(32(20)42-16-28(34)38)9-23-13-25(35)11-21(7-17)29(23)39/h1-6,11-14H,7-10,15-16H2,(H2,33,37)(H2,34,38). The molecule has 0 unspecified atom stereocenters. The molecule has 0 aliphatic heterocycles. The highest BCUT2D eigenvalue weighted by Gasteiger charge is 2.28. The lowest BCUT2D eigenvalue weighted by molar-refractivity contribution is -0.120. The number of allylic oxidation sites excluding steroid dienone is 8. The van der Waals surface area contributed by atoms with Gasteiger partial charge >= 0.3 is 0 Å². The first kappa shape index (κ1) is 28.2. The van der Waals surface area contributed by atoms with Crippen LogP contribution in [0.3, 0.4) is 0 Å². The van der Waals surface area contributed by atoms with Crippen LogP contribution in [0.25, 0.3) is 0 Å². The lowest BCUT2D eigenvalue weighted by Crippen LogP contribution is -2.23. The average Bonchev–Trinajstić information content (AvgIpc) is 2.92. The monoisotopic (exact) mass is 566 g/mol. The van der Waals surface area contributed by atoms with Gasteiger partial charge in [-0.25, -0.2) is 0 Å². The summed E-state index contributed by atoms with van der Waals surface area (Å²) in [5.74, 6) is -2.44. The van der Waals surface area contributed by atoms with Gasteiger partial charge in [-0.3, -0.25) is 28.8 Å². The minimum absolute atomic E-state index is 0.00794. The Hall–Kier alpha value is -5.38. The second-order valence-electron chi connectivity index (χ2n) is 10.2. The molecule has 0 aromatic heterocycles. The topological polar surface area (TPSA) is 173 Å². The maximum Gasteiger partial charge on any atom is 0.255 e. The van der Waals surface area contributed by atoms with Gasteiger partial charge in [0.2, 0.25) is 0 Å². The van der Waals surface area contributed by atoms with E-state index in [0.29, 0.717) is 22.3 Å². The van der Waals surface area contributed by atoms with Crippen molar-refractivity contribution in [1.29, 1.82) is 0 Å². The number of nitrogens with two attached hydrogens (primary N) is 2. The van der Waals surface area contributed by atoms with E-state index in [2.05, 4.69) is 0 Å². The molecule has 0 radical (unpaired) electrons. The number of hydrogen-bond donors (Lipinski definition) is 2. The largest absolute Gasteiger partial charge is 0.483 e. The molecule has 0 heterocycles. The Bertz CT molecular complexity index is 1490. The van der Waals surface area contributed by atoms with E-state index in [1.54, 1.807) is 36.4 Å². The maximum atomic E-state index is 13.6. The van der Waals surface area contributed by atoms with Gasteiger partial charge in [0, 0.05) is 48.0 Å². The molecule has 0 fully saturated rings. The summed E-state index contributed by atoms with van der Waals surface area (Å²) in [6.07, 6.45) is 4.98. The van der Waals surface area contributed by atoms with Crippen LogP contribution in [0.2, 0.25) is 0 Å². The van der Waals surface area contributed by atoms with Crippen LogP contribution < -0.4 is 20.9 Å². The molecule has 2 amide bonds. The fourth-order valence-corrected chi connectivity index (χ4v) is 5.28. The first-order valence-corrected chi connectivity index (χ1v) is 13.1. The molecule has 0 saturated carbocycles. The van der Waals surface area contributed by atoms with E-state index in [-0.39, 0.29) is 82.6 Å². The van der Waals surface area contributed by atoms with Crippen molar-refractivity contribution in [2.45, 2.75) is 25.7 Å². The number of hydrogen-bond acceptors (Lipinski definition) is 8. The zero-order chi connectivity index (χ0) is 30.0. The summed E-state index contributed by atoms with van der Waals surface area (Å²) in [5, 5.41) is 0. The van der Waals surface area contributed by atoms with Crippen molar-refractivity contribution in [3.63, 3.8) is 0 Å². The van der Waals surface area contributed by atoms with Crippen LogP contribution in [0.4, 0.5) is 0 Å². The number of fused-ring (bicyclic) bond motifs is 8. The second kappa shape index (κ2) is 11.6. The van der Waals surface area contributed by atoms with Crippen LogP contribution >= 0.6 is 0 Å². The lowest BCUT2D eigenvalue weighted by Gasteiger charge is -2.22. The number of amides is 2. The number of benzene rings is 2. The number of carbonyl (C=O) groups is 6. The first-order chi connectivity index (χ1) is 20.1. The molecule has 4 N–H and O–H groups in total. The number of primary amides is 2. The van der Waals surface area contributed by atoms with Gasteiger partial charge in [-0.15, -0.1) is 0 Å². The van der Waals surface area contributed by atoms with Gasteiger partial charge in [0.05, 0.1) is 0 Å². The first-order valence-electron chi connectivity index (χ1n) is 13.1. The van der Waals surface area contributed by atoms with Gasteiger partial charge in [-0.2, -0.15) is 0 Å². The van der Waals surface area contributed by atoms with E-state index in [1.165, 1.54) is 24.3 Å². The lowest BCUT2D eigenvalue weighted by atomic mass is 9.84. The zero-order valence-corrected chi connectivity index (χ0v) is 22.4. The van der Waals surface area contributed by atoms with Gasteiger partial charge < -0.3 is 20.9 Å². The van der Waals surface area contributed by atoms with Crippen molar-refractivity contribution >= 4 is 34.9 Å². The molecule has 2 aromatic rings. The molecule has 0 saturated heterocycles. The van der Waals surface area contributed by atoms with E-state index < -0.39 is 25.0 Å². The Labute approximate surface area is 240 Å². The minimum Gasteiger partial charge on any atom is -0.483 e. The van der Waals surface area contributed by atoms with Crippen LogP contribution in [-0.4, -0.2) is 48.2 Å². The number of para-hydroxylation sites is 2. The fraction of sp³-hybridized carbons (Fsp3) is 0.188.